The third-order valence-corrected chi connectivity index (χ3v) is 8.69. The molecule has 0 bridgehead atoms. The zero-order valence-electron chi connectivity index (χ0n) is 21.3. The van der Waals surface area contributed by atoms with Crippen LogP contribution in [0.4, 0.5) is 17.3 Å². The van der Waals surface area contributed by atoms with Gasteiger partial charge in [-0.3, -0.25) is 0 Å². The van der Waals surface area contributed by atoms with Crippen LogP contribution in [0.15, 0.2) is 49.4 Å². The molecule has 2 N–H and O–H groups in total. The van der Waals surface area contributed by atoms with Crippen molar-refractivity contribution in [1.29, 1.82) is 0 Å². The van der Waals surface area contributed by atoms with E-state index in [9.17, 15) is 13.5 Å². The zero-order chi connectivity index (χ0) is 27.0. The Kier molecular flexibility index (Phi) is 6.49. The fourth-order valence-corrected chi connectivity index (χ4v) is 5.84. The van der Waals surface area contributed by atoms with Crippen LogP contribution >= 0.6 is 0 Å². The lowest BCUT2D eigenvalue weighted by atomic mass is 10.1. The highest BCUT2D eigenvalue weighted by Crippen LogP contribution is 2.31. The minimum Gasteiger partial charge on any atom is -0.393 e. The summed E-state index contributed by atoms with van der Waals surface area (Å²) in [6.45, 7) is 1.41. The Bertz CT molecular complexity index is 1670. The molecule has 4 aromatic rings. The summed E-state index contributed by atoms with van der Waals surface area (Å²) < 4.78 is 27.8. The zero-order valence-corrected chi connectivity index (χ0v) is 22.1. The molecule has 1 saturated carbocycles. The molecule has 1 aliphatic carbocycles. The summed E-state index contributed by atoms with van der Waals surface area (Å²) in [5, 5.41) is 16.9. The van der Waals surface area contributed by atoms with E-state index in [1.165, 1.54) is 12.4 Å². The summed E-state index contributed by atoms with van der Waals surface area (Å²) in [6, 6.07) is 3.63. The van der Waals surface area contributed by atoms with Crippen LogP contribution < -0.4 is 10.2 Å². The van der Waals surface area contributed by atoms with Gasteiger partial charge in [-0.25, -0.2) is 28.4 Å². The van der Waals surface area contributed by atoms with E-state index in [1.807, 2.05) is 23.9 Å². The molecule has 0 aromatic carbocycles. The summed E-state index contributed by atoms with van der Waals surface area (Å²) in [6.07, 6.45) is 12.1. The second-order valence-corrected chi connectivity index (χ2v) is 11.8. The van der Waals surface area contributed by atoms with E-state index < -0.39 is 10.0 Å². The first-order valence-corrected chi connectivity index (χ1v) is 14.2. The maximum atomic E-state index is 12.5. The lowest BCUT2D eigenvalue weighted by Crippen LogP contribution is -2.36. The van der Waals surface area contributed by atoms with E-state index in [0.717, 1.165) is 15.3 Å². The van der Waals surface area contributed by atoms with Crippen LogP contribution in [0.25, 0.3) is 11.4 Å². The van der Waals surface area contributed by atoms with Crippen molar-refractivity contribution in [3.63, 3.8) is 0 Å². The molecule has 0 spiro atoms. The van der Waals surface area contributed by atoms with Crippen LogP contribution in [0.3, 0.4) is 0 Å². The highest BCUT2D eigenvalue weighted by molar-refractivity contribution is 7.90. The topological polar surface area (TPSA) is 144 Å². The molecule has 1 aliphatic heterocycles. The number of aliphatic hydroxyl groups is 1. The van der Waals surface area contributed by atoms with Crippen LogP contribution in [0.2, 0.25) is 0 Å². The van der Waals surface area contributed by atoms with Gasteiger partial charge in [-0.05, 0) is 37.7 Å². The van der Waals surface area contributed by atoms with Crippen LogP contribution in [0, 0.1) is 11.8 Å². The fraction of sp³-hybridized carbons (Fsp3) is 0.346. The van der Waals surface area contributed by atoms with Gasteiger partial charge in [0, 0.05) is 44.8 Å². The number of aliphatic hydroxyl groups excluding tert-OH is 1. The van der Waals surface area contributed by atoms with Gasteiger partial charge < -0.3 is 19.9 Å². The summed E-state index contributed by atoms with van der Waals surface area (Å²) in [5.74, 6) is 7.71. The van der Waals surface area contributed by atoms with Gasteiger partial charge in [0.2, 0.25) is 0 Å². The van der Waals surface area contributed by atoms with Gasteiger partial charge in [0.05, 0.1) is 46.9 Å². The number of hydrogen-bond acceptors (Lipinski definition) is 10. The Morgan fingerprint density at radius 3 is 2.59 bits per heavy atom. The summed E-state index contributed by atoms with van der Waals surface area (Å²) >= 11 is 0. The van der Waals surface area contributed by atoms with E-state index in [4.69, 9.17) is 0 Å². The minimum atomic E-state index is -3.47. The second-order valence-electron chi connectivity index (χ2n) is 9.72. The number of pyridine rings is 1. The average molecular weight is 546 g/mol. The van der Waals surface area contributed by atoms with Crippen molar-refractivity contribution in [2.24, 2.45) is 7.05 Å². The molecule has 200 valence electrons. The molecule has 0 unspecified atom stereocenters. The fourth-order valence-electron chi connectivity index (χ4n) is 4.36. The third-order valence-electron chi connectivity index (χ3n) is 6.65. The Balaban J connectivity index is 1.27. The lowest BCUT2D eigenvalue weighted by molar-refractivity contribution is 0.145. The minimum absolute atomic E-state index is 0.299. The lowest BCUT2D eigenvalue weighted by Gasteiger charge is -2.32. The van der Waals surface area contributed by atoms with Gasteiger partial charge in [0.25, 0.3) is 10.0 Å². The van der Waals surface area contributed by atoms with Crippen molar-refractivity contribution in [2.75, 3.05) is 23.3 Å². The number of nitrogens with zero attached hydrogens (tertiary/aromatic N) is 8. The van der Waals surface area contributed by atoms with Crippen LogP contribution in [-0.2, 0) is 17.1 Å². The first-order chi connectivity index (χ1) is 18.8. The van der Waals surface area contributed by atoms with Gasteiger partial charge in [0.15, 0.2) is 5.82 Å². The van der Waals surface area contributed by atoms with Crippen molar-refractivity contribution in [3.8, 4) is 23.2 Å². The Morgan fingerprint density at radius 1 is 1.03 bits per heavy atom. The number of aromatic nitrogens is 7. The summed E-state index contributed by atoms with van der Waals surface area (Å²) in [7, 11) is -1.57. The highest BCUT2D eigenvalue weighted by Gasteiger charge is 2.37. The Hall–Kier alpha value is -4.28. The monoisotopic (exact) mass is 545 g/mol. The molecule has 0 amide bonds. The van der Waals surface area contributed by atoms with Crippen LogP contribution in [0.1, 0.15) is 36.9 Å². The number of piperidine rings is 1. The molecular weight excluding hydrogens is 518 g/mol. The van der Waals surface area contributed by atoms with Gasteiger partial charge in [-0.1, -0.05) is 5.92 Å². The molecule has 2 aliphatic rings. The molecule has 5 heterocycles. The predicted octanol–water partition coefficient (Wildman–Crippen LogP) is 1.91. The molecule has 13 heteroatoms. The molecule has 6 rings (SSSR count). The largest absolute Gasteiger partial charge is 0.393 e. The first kappa shape index (κ1) is 25.0. The van der Waals surface area contributed by atoms with Crippen molar-refractivity contribution in [1.82, 2.24) is 33.7 Å². The van der Waals surface area contributed by atoms with E-state index in [-0.39, 0.29) is 11.4 Å². The first-order valence-electron chi connectivity index (χ1n) is 12.7. The maximum Gasteiger partial charge on any atom is 0.256 e. The van der Waals surface area contributed by atoms with Gasteiger partial charge in [-0.15, -0.1) is 0 Å². The number of aryl methyl sites for hydroxylation is 1. The molecule has 1 saturated heterocycles. The van der Waals surface area contributed by atoms with E-state index in [0.29, 0.717) is 67.5 Å². The quantitative estimate of drug-likeness (QED) is 0.345. The molecule has 0 atom stereocenters. The Morgan fingerprint density at radius 2 is 1.85 bits per heavy atom. The van der Waals surface area contributed by atoms with Crippen LogP contribution in [-0.4, -0.2) is 71.7 Å². The van der Waals surface area contributed by atoms with Crippen molar-refractivity contribution in [2.45, 2.75) is 37.0 Å². The normalized spacial score (nSPS) is 16.1. The number of rotatable bonds is 6. The number of hydrogen-bond donors (Lipinski definition) is 2. The Labute approximate surface area is 225 Å². The summed E-state index contributed by atoms with van der Waals surface area (Å²) in [5.41, 5.74) is 2.84. The van der Waals surface area contributed by atoms with E-state index >= 15 is 0 Å². The van der Waals surface area contributed by atoms with Crippen molar-refractivity contribution in [3.05, 3.63) is 60.7 Å². The number of imidazole rings is 1. The molecule has 2 fully saturated rings. The van der Waals surface area contributed by atoms with Gasteiger partial charge in [-0.2, -0.15) is 9.19 Å². The highest BCUT2D eigenvalue weighted by atomic mass is 32.2. The predicted molar refractivity (Wildman–Crippen MR) is 145 cm³/mol. The number of anilines is 3. The molecule has 0 radical (unpaired) electrons. The standard InChI is InChI=1S/C26H27N9O3S/c1-33-16-20(29-17-33)3-2-18-13-28-25(12-23(18)34-10-7-21(36)8-11-34)31-24-6-9-27-26(32-24)19-14-30-35(15-19)39(37,38)22-4-5-22/h6,9,12-17,21-22,36H,4-5,7-8,10-11H2,1H3,(H,27,28,31,32). The molecule has 12 nitrogen and oxygen atoms in total. The molecular formula is C26H27N9O3S. The summed E-state index contributed by atoms with van der Waals surface area (Å²) in [4.78, 5) is 19.9. The maximum absolute atomic E-state index is 12.5. The SMILES string of the molecule is Cn1cnc(C#Cc2cnc(Nc3ccnc(-c4cnn(S(=O)(=O)C5CC5)c4)n3)cc2N2CCC(O)CC2)c1. The second kappa shape index (κ2) is 10.1. The molecule has 4 aromatic heterocycles. The van der Waals surface area contributed by atoms with E-state index in [1.54, 1.807) is 24.8 Å². The smallest absolute Gasteiger partial charge is 0.256 e. The third kappa shape index (κ3) is 5.47. The van der Waals surface area contributed by atoms with Crippen molar-refractivity contribution >= 4 is 27.3 Å². The van der Waals surface area contributed by atoms with E-state index in [2.05, 4.69) is 47.1 Å². The van der Waals surface area contributed by atoms with Gasteiger partial charge in [0.1, 0.15) is 17.3 Å². The average Bonchev–Trinajstić information content (AvgIpc) is 3.53. The van der Waals surface area contributed by atoms with Crippen LogP contribution in [0.5, 0.6) is 0 Å². The van der Waals surface area contributed by atoms with Gasteiger partial charge >= 0.3 is 0 Å². The number of nitrogens with one attached hydrogen (secondary N) is 1. The van der Waals surface area contributed by atoms with Crippen molar-refractivity contribution < 1.29 is 13.5 Å². The molecule has 39 heavy (non-hydrogen) atoms.